The molecule has 0 aliphatic carbocycles. The summed E-state index contributed by atoms with van der Waals surface area (Å²) in [4.78, 5) is 0. The summed E-state index contributed by atoms with van der Waals surface area (Å²) < 4.78 is 24.4. The van der Waals surface area contributed by atoms with E-state index in [2.05, 4.69) is 0 Å². The number of methoxy groups -OCH3 is 1. The van der Waals surface area contributed by atoms with Gasteiger partial charge in [-0.2, -0.15) is 5.26 Å². The molecule has 0 aliphatic heterocycles. The van der Waals surface area contributed by atoms with Crippen LogP contribution in [0.2, 0.25) is 0 Å². The summed E-state index contributed by atoms with van der Waals surface area (Å²) in [5.74, 6) is 0.467. The molecule has 0 atom stereocenters. The van der Waals surface area contributed by atoms with Gasteiger partial charge >= 0.3 is 0 Å². The first-order valence-electron chi connectivity index (χ1n) is 6.27. The molecule has 2 aromatic carbocycles. The highest BCUT2D eigenvalue weighted by atomic mass is 19.1. The zero-order valence-corrected chi connectivity index (χ0v) is 11.5. The van der Waals surface area contributed by atoms with E-state index in [0.29, 0.717) is 28.2 Å². The molecule has 0 fully saturated rings. The van der Waals surface area contributed by atoms with Crippen molar-refractivity contribution in [3.05, 3.63) is 58.9 Å². The average Bonchev–Trinajstić information content (AvgIpc) is 2.54. The van der Waals surface area contributed by atoms with Crippen molar-refractivity contribution in [2.24, 2.45) is 0 Å². The van der Waals surface area contributed by atoms with Gasteiger partial charge in [-0.15, -0.1) is 0 Å². The zero-order valence-electron chi connectivity index (χ0n) is 11.5. The maximum absolute atomic E-state index is 13.7. The van der Waals surface area contributed by atoms with E-state index in [1.54, 1.807) is 18.2 Å². The SMILES string of the molecule is COc1cc(CO)ccc1OCc1cc(C#N)ccc1F. The molecule has 0 saturated carbocycles. The van der Waals surface area contributed by atoms with Gasteiger partial charge in [0.25, 0.3) is 0 Å². The van der Waals surface area contributed by atoms with Gasteiger partial charge in [-0.05, 0) is 35.9 Å². The number of halogens is 1. The first-order valence-corrected chi connectivity index (χ1v) is 6.27. The Morgan fingerprint density at radius 3 is 2.67 bits per heavy atom. The fourth-order valence-corrected chi connectivity index (χ4v) is 1.84. The highest BCUT2D eigenvalue weighted by Crippen LogP contribution is 2.29. The van der Waals surface area contributed by atoms with E-state index in [1.807, 2.05) is 6.07 Å². The van der Waals surface area contributed by atoms with Gasteiger partial charge < -0.3 is 14.6 Å². The van der Waals surface area contributed by atoms with Crippen molar-refractivity contribution >= 4 is 0 Å². The lowest BCUT2D eigenvalue weighted by Gasteiger charge is -2.12. The predicted molar refractivity (Wildman–Crippen MR) is 74.4 cm³/mol. The van der Waals surface area contributed by atoms with Crippen molar-refractivity contribution in [2.75, 3.05) is 7.11 Å². The van der Waals surface area contributed by atoms with Crippen LogP contribution < -0.4 is 9.47 Å². The first-order chi connectivity index (χ1) is 10.2. The van der Waals surface area contributed by atoms with Crippen molar-refractivity contribution in [1.29, 1.82) is 5.26 Å². The van der Waals surface area contributed by atoms with Crippen LogP contribution in [0.5, 0.6) is 11.5 Å². The molecule has 0 spiro atoms. The molecule has 108 valence electrons. The molecule has 0 unspecified atom stereocenters. The molecule has 0 bridgehead atoms. The van der Waals surface area contributed by atoms with E-state index >= 15 is 0 Å². The number of nitrogens with zero attached hydrogens (tertiary/aromatic N) is 1. The Morgan fingerprint density at radius 2 is 2.00 bits per heavy atom. The normalized spacial score (nSPS) is 10.0. The highest BCUT2D eigenvalue weighted by Gasteiger charge is 2.09. The number of aliphatic hydroxyl groups excluding tert-OH is 1. The minimum absolute atomic E-state index is 0.0177. The lowest BCUT2D eigenvalue weighted by Crippen LogP contribution is -2.01. The summed E-state index contributed by atoms with van der Waals surface area (Å²) in [6.45, 7) is -0.119. The van der Waals surface area contributed by atoms with Crippen molar-refractivity contribution in [3.63, 3.8) is 0 Å². The molecule has 5 heteroatoms. The lowest BCUT2D eigenvalue weighted by atomic mass is 10.1. The van der Waals surface area contributed by atoms with Gasteiger partial charge in [-0.1, -0.05) is 6.07 Å². The molecule has 1 N–H and O–H groups in total. The molecule has 21 heavy (non-hydrogen) atoms. The summed E-state index contributed by atoms with van der Waals surface area (Å²) in [7, 11) is 1.49. The van der Waals surface area contributed by atoms with Crippen LogP contribution in [0.25, 0.3) is 0 Å². The zero-order chi connectivity index (χ0) is 15.2. The summed E-state index contributed by atoms with van der Waals surface area (Å²) in [5, 5.41) is 17.9. The van der Waals surface area contributed by atoms with Crippen molar-refractivity contribution in [3.8, 4) is 17.6 Å². The van der Waals surface area contributed by atoms with Gasteiger partial charge in [0.2, 0.25) is 0 Å². The fraction of sp³-hybridized carbons (Fsp3) is 0.188. The van der Waals surface area contributed by atoms with E-state index in [1.165, 1.54) is 25.3 Å². The smallest absolute Gasteiger partial charge is 0.161 e. The van der Waals surface area contributed by atoms with Crippen LogP contribution in [-0.2, 0) is 13.2 Å². The van der Waals surface area contributed by atoms with Gasteiger partial charge in [0.1, 0.15) is 12.4 Å². The molecular weight excluding hydrogens is 273 g/mol. The number of hydrogen-bond acceptors (Lipinski definition) is 4. The topological polar surface area (TPSA) is 62.5 Å². The van der Waals surface area contributed by atoms with Crippen molar-refractivity contribution in [2.45, 2.75) is 13.2 Å². The third-order valence-corrected chi connectivity index (χ3v) is 2.97. The van der Waals surface area contributed by atoms with E-state index in [4.69, 9.17) is 19.8 Å². The summed E-state index contributed by atoms with van der Waals surface area (Å²) in [6.07, 6.45) is 0. The Bertz CT molecular complexity index is 680. The van der Waals surface area contributed by atoms with Crippen LogP contribution in [0.4, 0.5) is 4.39 Å². The Hall–Kier alpha value is -2.58. The molecule has 0 aliphatic rings. The second kappa shape index (κ2) is 6.73. The van der Waals surface area contributed by atoms with E-state index in [0.717, 1.165) is 0 Å². The van der Waals surface area contributed by atoms with Crippen LogP contribution in [0.15, 0.2) is 36.4 Å². The second-order valence-electron chi connectivity index (χ2n) is 4.35. The molecular formula is C16H14FNO3. The minimum atomic E-state index is -0.431. The summed E-state index contributed by atoms with van der Waals surface area (Å²) >= 11 is 0. The highest BCUT2D eigenvalue weighted by molar-refractivity contribution is 5.43. The molecule has 0 heterocycles. The molecule has 0 radical (unpaired) electrons. The van der Waals surface area contributed by atoms with E-state index in [-0.39, 0.29) is 13.2 Å². The second-order valence-corrected chi connectivity index (χ2v) is 4.35. The standard InChI is InChI=1S/C16H14FNO3/c1-20-16-7-12(9-19)3-5-15(16)21-10-13-6-11(8-18)2-4-14(13)17/h2-7,19H,9-10H2,1H3. The van der Waals surface area contributed by atoms with Crippen molar-refractivity contribution in [1.82, 2.24) is 0 Å². The molecule has 2 rings (SSSR count). The maximum Gasteiger partial charge on any atom is 0.161 e. The quantitative estimate of drug-likeness (QED) is 0.918. The molecule has 0 aromatic heterocycles. The van der Waals surface area contributed by atoms with Gasteiger partial charge in [0.15, 0.2) is 11.5 Å². The Kier molecular flexibility index (Phi) is 4.75. The third kappa shape index (κ3) is 3.50. The first kappa shape index (κ1) is 14.8. The molecule has 0 amide bonds. The Morgan fingerprint density at radius 1 is 1.19 bits per heavy atom. The number of benzene rings is 2. The minimum Gasteiger partial charge on any atom is -0.493 e. The van der Waals surface area contributed by atoms with Gasteiger partial charge in [0.05, 0.1) is 25.3 Å². The fourth-order valence-electron chi connectivity index (χ4n) is 1.84. The number of hydrogen-bond donors (Lipinski definition) is 1. The van der Waals surface area contributed by atoms with Crippen LogP contribution in [0.1, 0.15) is 16.7 Å². The number of rotatable bonds is 5. The molecule has 4 nitrogen and oxygen atoms in total. The van der Waals surface area contributed by atoms with Gasteiger partial charge in [-0.3, -0.25) is 0 Å². The van der Waals surface area contributed by atoms with E-state index in [9.17, 15) is 4.39 Å². The number of ether oxygens (including phenoxy) is 2. The predicted octanol–water partition coefficient (Wildman–Crippen LogP) is 2.78. The average molecular weight is 287 g/mol. The maximum atomic E-state index is 13.7. The summed E-state index contributed by atoms with van der Waals surface area (Å²) in [6, 6.07) is 11.0. The third-order valence-electron chi connectivity index (χ3n) is 2.97. The monoisotopic (exact) mass is 287 g/mol. The van der Waals surface area contributed by atoms with Crippen LogP contribution in [0, 0.1) is 17.1 Å². The largest absolute Gasteiger partial charge is 0.493 e. The Balaban J connectivity index is 2.18. The number of aliphatic hydroxyl groups is 1. The Labute approximate surface area is 122 Å². The van der Waals surface area contributed by atoms with Crippen LogP contribution >= 0.6 is 0 Å². The van der Waals surface area contributed by atoms with Gasteiger partial charge in [-0.25, -0.2) is 4.39 Å². The lowest BCUT2D eigenvalue weighted by molar-refractivity contribution is 0.272. The number of nitriles is 1. The van der Waals surface area contributed by atoms with Crippen LogP contribution in [-0.4, -0.2) is 12.2 Å². The van der Waals surface area contributed by atoms with E-state index < -0.39 is 5.82 Å². The molecule has 2 aromatic rings. The molecule has 0 saturated heterocycles. The van der Waals surface area contributed by atoms with Gasteiger partial charge in [0, 0.05) is 5.56 Å². The summed E-state index contributed by atoms with van der Waals surface area (Å²) in [5.41, 5.74) is 1.36. The van der Waals surface area contributed by atoms with Crippen molar-refractivity contribution < 1.29 is 19.0 Å². The van der Waals surface area contributed by atoms with Crippen LogP contribution in [0.3, 0.4) is 0 Å².